The lowest BCUT2D eigenvalue weighted by molar-refractivity contribution is 0.0857. The lowest BCUT2D eigenvalue weighted by Gasteiger charge is -2.22. The van der Waals surface area contributed by atoms with Gasteiger partial charge in [0, 0.05) is 34.7 Å². The largest absolute Gasteiger partial charge is 0.367 e. The number of aryl methyl sites for hydroxylation is 2. The van der Waals surface area contributed by atoms with Crippen molar-refractivity contribution in [3.05, 3.63) is 92.6 Å². The molecule has 0 radical (unpaired) electrons. The van der Waals surface area contributed by atoms with E-state index in [1.807, 2.05) is 48.3 Å². The van der Waals surface area contributed by atoms with Gasteiger partial charge in [0.1, 0.15) is 6.10 Å². The molecule has 2 heterocycles. The molecule has 0 amide bonds. The third-order valence-corrected chi connectivity index (χ3v) is 5.71. The van der Waals surface area contributed by atoms with Crippen LogP contribution in [0.3, 0.4) is 0 Å². The molecule has 0 N–H and O–H groups in total. The SMILES string of the molecule is CN(CCOC(c1ccccc1)c1ccccc1)c1nc2c(c(=O)n(C)c(=O)n2C)n1C. The van der Waals surface area contributed by atoms with Crippen LogP contribution in [-0.2, 0) is 25.9 Å². The Morgan fingerprint density at radius 1 is 0.875 bits per heavy atom. The van der Waals surface area contributed by atoms with Crippen molar-refractivity contribution in [1.82, 2.24) is 18.7 Å². The van der Waals surface area contributed by atoms with E-state index in [0.29, 0.717) is 30.3 Å². The summed E-state index contributed by atoms with van der Waals surface area (Å²) in [6.07, 6.45) is -0.181. The predicted molar refractivity (Wildman–Crippen MR) is 125 cm³/mol. The van der Waals surface area contributed by atoms with Gasteiger partial charge < -0.3 is 14.2 Å². The fourth-order valence-corrected chi connectivity index (χ4v) is 3.90. The van der Waals surface area contributed by atoms with E-state index in [4.69, 9.17) is 4.74 Å². The summed E-state index contributed by atoms with van der Waals surface area (Å²) in [5, 5.41) is 0. The Morgan fingerprint density at radius 2 is 1.44 bits per heavy atom. The monoisotopic (exact) mass is 433 g/mol. The lowest BCUT2D eigenvalue weighted by atomic mass is 10.0. The molecular formula is C24H27N5O3. The number of hydrogen-bond acceptors (Lipinski definition) is 5. The van der Waals surface area contributed by atoms with Crippen LogP contribution in [0.2, 0.25) is 0 Å². The van der Waals surface area contributed by atoms with E-state index in [0.717, 1.165) is 15.7 Å². The zero-order valence-electron chi connectivity index (χ0n) is 18.7. The van der Waals surface area contributed by atoms with Gasteiger partial charge in [0.15, 0.2) is 11.2 Å². The summed E-state index contributed by atoms with van der Waals surface area (Å²) in [4.78, 5) is 31.4. The summed E-state index contributed by atoms with van der Waals surface area (Å²) >= 11 is 0. The highest BCUT2D eigenvalue weighted by Crippen LogP contribution is 2.26. The van der Waals surface area contributed by atoms with Gasteiger partial charge >= 0.3 is 5.69 Å². The number of anilines is 1. The molecule has 32 heavy (non-hydrogen) atoms. The minimum atomic E-state index is -0.397. The second-order valence-electron chi connectivity index (χ2n) is 7.84. The molecule has 4 aromatic rings. The van der Waals surface area contributed by atoms with Crippen LogP contribution in [-0.4, -0.2) is 38.9 Å². The Morgan fingerprint density at radius 3 is 2.00 bits per heavy atom. The normalized spacial score (nSPS) is 11.4. The summed E-state index contributed by atoms with van der Waals surface area (Å²) in [5.74, 6) is 0.595. The summed E-state index contributed by atoms with van der Waals surface area (Å²) in [5.41, 5.74) is 2.18. The van der Waals surface area contributed by atoms with Gasteiger partial charge in [-0.15, -0.1) is 0 Å². The van der Waals surface area contributed by atoms with Gasteiger partial charge in [0.2, 0.25) is 5.95 Å². The molecule has 8 nitrogen and oxygen atoms in total. The summed E-state index contributed by atoms with van der Waals surface area (Å²) in [6, 6.07) is 20.2. The summed E-state index contributed by atoms with van der Waals surface area (Å²) < 4.78 is 10.5. The number of nitrogens with zero attached hydrogens (tertiary/aromatic N) is 5. The predicted octanol–water partition coefficient (Wildman–Crippen LogP) is 2.21. The third-order valence-electron chi connectivity index (χ3n) is 5.71. The van der Waals surface area contributed by atoms with Gasteiger partial charge in [-0.25, -0.2) is 4.79 Å². The molecule has 0 aliphatic carbocycles. The topological polar surface area (TPSA) is 74.3 Å². The first kappa shape index (κ1) is 21.6. The molecule has 0 aliphatic heterocycles. The van der Waals surface area contributed by atoms with Gasteiger partial charge in [-0.2, -0.15) is 4.98 Å². The molecule has 4 rings (SSSR count). The lowest BCUT2D eigenvalue weighted by Crippen LogP contribution is -2.37. The molecule has 8 heteroatoms. The van der Waals surface area contributed by atoms with Gasteiger partial charge in [-0.3, -0.25) is 13.9 Å². The highest BCUT2D eigenvalue weighted by Gasteiger charge is 2.20. The highest BCUT2D eigenvalue weighted by atomic mass is 16.5. The van der Waals surface area contributed by atoms with E-state index in [1.54, 1.807) is 18.7 Å². The molecule has 0 saturated heterocycles. The van der Waals surface area contributed by atoms with Crippen molar-refractivity contribution < 1.29 is 4.74 Å². The Hall–Kier alpha value is -3.65. The number of ether oxygens (including phenoxy) is 1. The van der Waals surface area contributed by atoms with E-state index in [9.17, 15) is 9.59 Å². The number of aromatic nitrogens is 4. The van der Waals surface area contributed by atoms with Gasteiger partial charge in [-0.05, 0) is 11.1 Å². The summed E-state index contributed by atoms with van der Waals surface area (Å²) in [7, 11) is 6.77. The van der Waals surface area contributed by atoms with Crippen LogP contribution in [0.15, 0.2) is 70.3 Å². The Bertz CT molecular complexity index is 1300. The maximum Gasteiger partial charge on any atom is 0.332 e. The molecular weight excluding hydrogens is 406 g/mol. The molecule has 0 spiro atoms. The van der Waals surface area contributed by atoms with Gasteiger partial charge in [0.25, 0.3) is 5.56 Å². The van der Waals surface area contributed by atoms with Crippen molar-refractivity contribution in [1.29, 1.82) is 0 Å². The second kappa shape index (κ2) is 8.84. The molecule has 0 aliphatic rings. The van der Waals surface area contributed by atoms with Crippen LogP contribution in [0.25, 0.3) is 11.2 Å². The minimum absolute atomic E-state index is 0.181. The quantitative estimate of drug-likeness (QED) is 0.447. The van der Waals surface area contributed by atoms with Crippen LogP contribution in [0.5, 0.6) is 0 Å². The molecule has 166 valence electrons. The molecule has 0 bridgehead atoms. The first-order valence-electron chi connectivity index (χ1n) is 10.4. The van der Waals surface area contributed by atoms with Crippen molar-refractivity contribution in [2.75, 3.05) is 25.1 Å². The zero-order valence-corrected chi connectivity index (χ0v) is 18.7. The van der Waals surface area contributed by atoms with Crippen LogP contribution in [0.1, 0.15) is 17.2 Å². The van der Waals surface area contributed by atoms with Crippen molar-refractivity contribution >= 4 is 17.1 Å². The maximum atomic E-state index is 12.6. The van der Waals surface area contributed by atoms with Crippen molar-refractivity contribution in [2.45, 2.75) is 6.10 Å². The summed E-state index contributed by atoms with van der Waals surface area (Å²) in [6.45, 7) is 1.01. The number of fused-ring (bicyclic) bond motifs is 1. The van der Waals surface area contributed by atoms with E-state index < -0.39 is 5.69 Å². The van der Waals surface area contributed by atoms with Crippen LogP contribution in [0.4, 0.5) is 5.95 Å². The molecule has 0 unspecified atom stereocenters. The standard InChI is InChI=1S/C24H27N5O3/c1-26(23-25-21-19(27(23)2)22(30)29(4)24(31)28(21)3)15-16-32-20(17-11-7-5-8-12-17)18-13-9-6-10-14-18/h5-14,20H,15-16H2,1-4H3. The van der Waals surface area contributed by atoms with Crippen LogP contribution < -0.4 is 16.1 Å². The van der Waals surface area contributed by atoms with Gasteiger partial charge in [0.05, 0.1) is 6.61 Å². The van der Waals surface area contributed by atoms with E-state index >= 15 is 0 Å². The average molecular weight is 434 g/mol. The van der Waals surface area contributed by atoms with Crippen molar-refractivity contribution in [2.24, 2.45) is 21.1 Å². The zero-order chi connectivity index (χ0) is 22.8. The first-order valence-corrected chi connectivity index (χ1v) is 10.4. The highest BCUT2D eigenvalue weighted by molar-refractivity contribution is 5.74. The molecule has 2 aromatic carbocycles. The molecule has 0 fully saturated rings. The minimum Gasteiger partial charge on any atom is -0.367 e. The first-order chi connectivity index (χ1) is 15.4. The van der Waals surface area contributed by atoms with Gasteiger partial charge in [-0.1, -0.05) is 60.7 Å². The number of imidazole rings is 1. The van der Waals surface area contributed by atoms with Crippen LogP contribution >= 0.6 is 0 Å². The molecule has 2 aromatic heterocycles. The Labute approximate surface area is 185 Å². The van der Waals surface area contributed by atoms with Crippen molar-refractivity contribution in [3.63, 3.8) is 0 Å². The smallest absolute Gasteiger partial charge is 0.332 e. The number of likely N-dealkylation sites (N-methyl/N-ethyl adjacent to an activating group) is 1. The Kier molecular flexibility index (Phi) is 5.96. The van der Waals surface area contributed by atoms with E-state index in [2.05, 4.69) is 29.2 Å². The Balaban J connectivity index is 1.56. The molecule has 0 atom stereocenters. The van der Waals surface area contributed by atoms with Crippen molar-refractivity contribution in [3.8, 4) is 0 Å². The maximum absolute atomic E-state index is 12.6. The third kappa shape index (κ3) is 3.85. The van der Waals surface area contributed by atoms with Crippen LogP contribution in [0, 0.1) is 0 Å². The fourth-order valence-electron chi connectivity index (χ4n) is 3.90. The number of benzene rings is 2. The fraction of sp³-hybridized carbons (Fsp3) is 0.292. The number of rotatable bonds is 7. The second-order valence-corrected chi connectivity index (χ2v) is 7.84. The average Bonchev–Trinajstić information content (AvgIpc) is 3.17. The van der Waals surface area contributed by atoms with E-state index in [1.165, 1.54) is 11.6 Å². The number of hydrogen-bond donors (Lipinski definition) is 0. The molecule has 0 saturated carbocycles. The van der Waals surface area contributed by atoms with E-state index in [-0.39, 0.29) is 11.7 Å².